The van der Waals surface area contributed by atoms with Crippen LogP contribution in [0.5, 0.6) is 0 Å². The van der Waals surface area contributed by atoms with Gasteiger partial charge in [0.1, 0.15) is 36.6 Å². The molecule has 1 aromatic rings. The molecule has 1 aromatic carbocycles. The molecule has 7 atom stereocenters. The minimum Gasteiger partial charge on any atom is -0.454 e. The largest absolute Gasteiger partial charge is 0.454 e. The highest BCUT2D eigenvalue weighted by Gasteiger charge is 2.44. The third kappa shape index (κ3) is 12.8. The summed E-state index contributed by atoms with van der Waals surface area (Å²) in [6.07, 6.45) is 9.63. The number of hydrogen-bond donors (Lipinski definition) is 4. The SMILES string of the molecule is CCCCCCCCCCCCCC=C[C@@H](OC(=O)c1ccccc1)[C@H](CO[C@@H]1O[C@H](CO)[C@H](O)[C@H](O)[C@H]1O)N=[N+]=[N-]. The number of aliphatic hydroxyl groups is 4. The molecule has 1 fully saturated rings. The number of ether oxygens (including phenoxy) is 3. The van der Waals surface area contributed by atoms with Gasteiger partial charge in [0.2, 0.25) is 0 Å². The van der Waals surface area contributed by atoms with E-state index in [2.05, 4.69) is 16.9 Å². The zero-order valence-corrected chi connectivity index (χ0v) is 24.7. The number of esters is 1. The molecule has 0 aliphatic carbocycles. The predicted octanol–water partition coefficient (Wildman–Crippen LogP) is 4.96. The van der Waals surface area contributed by atoms with Crippen molar-refractivity contribution in [1.29, 1.82) is 0 Å². The van der Waals surface area contributed by atoms with Crippen LogP contribution in [0.2, 0.25) is 0 Å². The zero-order chi connectivity index (χ0) is 30.6. The second-order valence-corrected chi connectivity index (χ2v) is 10.8. The van der Waals surface area contributed by atoms with Gasteiger partial charge < -0.3 is 34.6 Å². The molecule has 0 spiro atoms. The Kier molecular flexibility index (Phi) is 18.0. The van der Waals surface area contributed by atoms with Gasteiger partial charge in [-0.05, 0) is 36.6 Å². The summed E-state index contributed by atoms with van der Waals surface area (Å²) >= 11 is 0. The molecule has 4 N–H and O–H groups in total. The number of allylic oxidation sites excluding steroid dienone is 1. The molecule has 0 aromatic heterocycles. The van der Waals surface area contributed by atoms with E-state index in [0.717, 1.165) is 19.3 Å². The first-order valence-electron chi connectivity index (χ1n) is 15.3. The third-order valence-corrected chi connectivity index (χ3v) is 7.41. The van der Waals surface area contributed by atoms with Gasteiger partial charge in [-0.15, -0.1) is 0 Å². The minimum atomic E-state index is -1.61. The molecule has 11 nitrogen and oxygen atoms in total. The predicted molar refractivity (Wildman–Crippen MR) is 159 cm³/mol. The maximum absolute atomic E-state index is 12.8. The molecular weight excluding hydrogens is 542 g/mol. The molecule has 0 amide bonds. The van der Waals surface area contributed by atoms with Gasteiger partial charge in [0, 0.05) is 4.91 Å². The summed E-state index contributed by atoms with van der Waals surface area (Å²) < 4.78 is 16.7. The van der Waals surface area contributed by atoms with Crippen molar-refractivity contribution in [1.82, 2.24) is 0 Å². The highest BCUT2D eigenvalue weighted by Crippen LogP contribution is 2.23. The van der Waals surface area contributed by atoms with Crippen LogP contribution >= 0.6 is 0 Å². The topological polar surface area (TPSA) is 174 Å². The molecule has 1 aliphatic rings. The van der Waals surface area contributed by atoms with Crippen LogP contribution in [0.1, 0.15) is 94.3 Å². The normalized spacial score (nSPS) is 23.8. The van der Waals surface area contributed by atoms with Crippen molar-refractivity contribution >= 4 is 5.97 Å². The minimum absolute atomic E-state index is 0.329. The molecule has 236 valence electrons. The molecule has 1 aliphatic heterocycles. The molecule has 0 unspecified atom stereocenters. The van der Waals surface area contributed by atoms with Crippen LogP contribution in [0, 0.1) is 0 Å². The van der Waals surface area contributed by atoms with E-state index >= 15 is 0 Å². The second-order valence-electron chi connectivity index (χ2n) is 10.8. The van der Waals surface area contributed by atoms with Crippen LogP contribution < -0.4 is 0 Å². The summed E-state index contributed by atoms with van der Waals surface area (Å²) in [4.78, 5) is 15.7. The highest BCUT2D eigenvalue weighted by atomic mass is 16.7. The van der Waals surface area contributed by atoms with Crippen LogP contribution in [0.25, 0.3) is 10.4 Å². The van der Waals surface area contributed by atoms with Crippen molar-refractivity contribution in [2.75, 3.05) is 13.2 Å². The molecule has 42 heavy (non-hydrogen) atoms. The molecule has 0 bridgehead atoms. The van der Waals surface area contributed by atoms with E-state index in [0.29, 0.717) is 5.56 Å². The number of unbranched alkanes of at least 4 members (excludes halogenated alkanes) is 11. The molecular formula is C31H49N3O8. The van der Waals surface area contributed by atoms with Crippen molar-refractivity contribution in [2.45, 2.75) is 127 Å². The summed E-state index contributed by atoms with van der Waals surface area (Å²) in [6.45, 7) is 1.29. The monoisotopic (exact) mass is 591 g/mol. The van der Waals surface area contributed by atoms with Crippen molar-refractivity contribution in [3.05, 3.63) is 58.5 Å². The maximum atomic E-state index is 12.8. The Bertz CT molecular complexity index is 941. The van der Waals surface area contributed by atoms with E-state index in [-0.39, 0.29) is 6.61 Å². The molecule has 0 radical (unpaired) electrons. The van der Waals surface area contributed by atoms with Crippen LogP contribution in [-0.4, -0.2) is 82.5 Å². The van der Waals surface area contributed by atoms with E-state index in [4.69, 9.17) is 14.2 Å². The number of carbonyl (C=O) groups is 1. The van der Waals surface area contributed by atoms with Crippen molar-refractivity contribution in [3.8, 4) is 0 Å². The van der Waals surface area contributed by atoms with Crippen LogP contribution in [0.4, 0.5) is 0 Å². The highest BCUT2D eigenvalue weighted by molar-refractivity contribution is 5.89. The zero-order valence-electron chi connectivity index (χ0n) is 24.7. The molecule has 1 saturated heterocycles. The lowest BCUT2D eigenvalue weighted by atomic mass is 9.99. The summed E-state index contributed by atoms with van der Waals surface area (Å²) in [5, 5.41) is 43.5. The number of azide groups is 1. The molecule has 11 heteroatoms. The van der Waals surface area contributed by atoms with Crippen LogP contribution in [0.15, 0.2) is 47.6 Å². The van der Waals surface area contributed by atoms with E-state index in [1.807, 2.05) is 6.08 Å². The lowest BCUT2D eigenvalue weighted by molar-refractivity contribution is -0.302. The Morgan fingerprint density at radius 3 is 2.19 bits per heavy atom. The van der Waals surface area contributed by atoms with Gasteiger partial charge in [0.05, 0.1) is 18.8 Å². The fraction of sp³-hybridized carbons (Fsp3) is 0.710. The summed E-state index contributed by atoms with van der Waals surface area (Å²) in [6, 6.07) is 7.40. The van der Waals surface area contributed by atoms with Gasteiger partial charge >= 0.3 is 5.97 Å². The van der Waals surface area contributed by atoms with Crippen molar-refractivity contribution in [2.24, 2.45) is 5.11 Å². The van der Waals surface area contributed by atoms with E-state index in [9.17, 15) is 30.8 Å². The third-order valence-electron chi connectivity index (χ3n) is 7.41. The molecule has 1 heterocycles. The van der Waals surface area contributed by atoms with Gasteiger partial charge in [0.15, 0.2) is 6.29 Å². The van der Waals surface area contributed by atoms with E-state index in [1.54, 1.807) is 36.4 Å². The Labute approximate surface area is 249 Å². The number of benzene rings is 1. The lowest BCUT2D eigenvalue weighted by Gasteiger charge is -2.40. The van der Waals surface area contributed by atoms with Gasteiger partial charge in [-0.1, -0.05) is 101 Å². The molecule has 0 saturated carbocycles. The average Bonchev–Trinajstić information content (AvgIpc) is 3.01. The van der Waals surface area contributed by atoms with Gasteiger partial charge in [-0.25, -0.2) is 4.79 Å². The van der Waals surface area contributed by atoms with Gasteiger partial charge in [0.25, 0.3) is 0 Å². The quantitative estimate of drug-likeness (QED) is 0.0387. The van der Waals surface area contributed by atoms with Crippen LogP contribution in [-0.2, 0) is 14.2 Å². The summed E-state index contributed by atoms with van der Waals surface area (Å²) in [7, 11) is 0. The first-order valence-corrected chi connectivity index (χ1v) is 15.3. The van der Waals surface area contributed by atoms with Crippen molar-refractivity contribution in [3.63, 3.8) is 0 Å². The maximum Gasteiger partial charge on any atom is 0.338 e. The standard InChI is InChI=1S/C31H49N3O8/c1-2-3-4-5-6-7-8-9-10-11-12-13-17-20-25(41-30(39)23-18-15-14-16-19-23)24(33-34-32)22-40-31-29(38)28(37)27(36)26(21-35)42-31/h14-20,24-29,31,35-38H,2-13,21-22H2,1H3/t24-,25+,26+,27-,28-,29+,31+/m0/s1. The van der Waals surface area contributed by atoms with E-state index < -0.39 is 55.4 Å². The Morgan fingerprint density at radius 1 is 0.976 bits per heavy atom. The Balaban J connectivity index is 1.93. The van der Waals surface area contributed by atoms with Gasteiger partial charge in [-0.2, -0.15) is 0 Å². The number of carbonyl (C=O) groups excluding carboxylic acids is 1. The average molecular weight is 592 g/mol. The number of nitrogens with zero attached hydrogens (tertiary/aromatic N) is 3. The van der Waals surface area contributed by atoms with Crippen LogP contribution in [0.3, 0.4) is 0 Å². The summed E-state index contributed by atoms with van der Waals surface area (Å²) in [5.74, 6) is -0.606. The number of aliphatic hydroxyl groups excluding tert-OH is 4. The fourth-order valence-corrected chi connectivity index (χ4v) is 4.83. The number of rotatable bonds is 21. The summed E-state index contributed by atoms with van der Waals surface area (Å²) in [5.41, 5.74) is 9.55. The smallest absolute Gasteiger partial charge is 0.338 e. The van der Waals surface area contributed by atoms with E-state index in [1.165, 1.54) is 57.8 Å². The lowest BCUT2D eigenvalue weighted by Crippen LogP contribution is -2.59. The second kappa shape index (κ2) is 21.2. The van der Waals surface area contributed by atoms with Crippen molar-refractivity contribution < 1.29 is 39.4 Å². The fourth-order valence-electron chi connectivity index (χ4n) is 4.83. The first kappa shape index (κ1) is 35.7. The molecule has 2 rings (SSSR count). The Hall–Kier alpha value is -2.50. The number of hydrogen-bond acceptors (Lipinski definition) is 9. The first-order chi connectivity index (χ1) is 20.4. The Morgan fingerprint density at radius 2 is 1.60 bits per heavy atom. The van der Waals surface area contributed by atoms with Gasteiger partial charge in [-0.3, -0.25) is 0 Å².